The first kappa shape index (κ1) is 19.7. The van der Waals surface area contributed by atoms with Gasteiger partial charge in [0, 0.05) is 50.7 Å². The van der Waals surface area contributed by atoms with Gasteiger partial charge in [0.2, 0.25) is 11.8 Å². The molecule has 1 aromatic carbocycles. The molecule has 1 unspecified atom stereocenters. The molecule has 0 spiro atoms. The number of hydrogen-bond acceptors (Lipinski definition) is 3. The molecule has 5 heteroatoms. The summed E-state index contributed by atoms with van der Waals surface area (Å²) in [6, 6.07) is 6.77. The van der Waals surface area contributed by atoms with Crippen molar-refractivity contribution in [1.82, 2.24) is 9.80 Å². The predicted octanol–water partition coefficient (Wildman–Crippen LogP) is 3.50. The molecule has 1 atom stereocenters. The van der Waals surface area contributed by atoms with Crippen LogP contribution in [0.3, 0.4) is 0 Å². The van der Waals surface area contributed by atoms with Crippen LogP contribution in [-0.4, -0.2) is 53.8 Å². The van der Waals surface area contributed by atoms with Crippen molar-refractivity contribution >= 4 is 17.5 Å². The minimum absolute atomic E-state index is 0.228. The first-order chi connectivity index (χ1) is 13.0. The van der Waals surface area contributed by atoms with E-state index in [0.717, 1.165) is 64.0 Å². The molecule has 1 aromatic rings. The summed E-state index contributed by atoms with van der Waals surface area (Å²) in [6.07, 6.45) is 6.23. The normalized spacial score (nSPS) is 20.7. The minimum Gasteiger partial charge on any atom is -0.381 e. The van der Waals surface area contributed by atoms with E-state index < -0.39 is 0 Å². The molecular weight excluding hydrogens is 338 g/mol. The van der Waals surface area contributed by atoms with Crippen molar-refractivity contribution in [1.29, 1.82) is 0 Å². The molecule has 2 aliphatic heterocycles. The van der Waals surface area contributed by atoms with E-state index in [1.54, 1.807) is 0 Å². The second kappa shape index (κ2) is 9.25. The molecule has 2 amide bonds. The molecule has 2 heterocycles. The van der Waals surface area contributed by atoms with Crippen molar-refractivity contribution in [2.75, 3.05) is 31.5 Å². The van der Waals surface area contributed by atoms with Crippen LogP contribution in [0.2, 0.25) is 0 Å². The Bertz CT molecular complexity index is 674. The van der Waals surface area contributed by atoms with Crippen LogP contribution in [0.5, 0.6) is 0 Å². The highest BCUT2D eigenvalue weighted by molar-refractivity contribution is 5.77. The monoisotopic (exact) mass is 371 g/mol. The van der Waals surface area contributed by atoms with E-state index in [4.69, 9.17) is 0 Å². The van der Waals surface area contributed by atoms with Crippen molar-refractivity contribution in [2.45, 2.75) is 64.8 Å². The minimum atomic E-state index is 0.228. The first-order valence-electron chi connectivity index (χ1n) is 10.4. The Labute approximate surface area is 163 Å². The third-order valence-electron chi connectivity index (χ3n) is 5.89. The molecule has 0 aliphatic carbocycles. The molecule has 27 heavy (non-hydrogen) atoms. The molecule has 0 aromatic heterocycles. The number of benzene rings is 1. The van der Waals surface area contributed by atoms with Crippen molar-refractivity contribution in [3.05, 3.63) is 29.3 Å². The van der Waals surface area contributed by atoms with E-state index in [9.17, 15) is 9.59 Å². The standard InChI is InChI=1S/C22H33N3O2/c1-17-10-11-19(15-18(17)2)23-20-7-5-14-25(16-20)22(27)9-6-13-24-12-4-3-8-21(24)26/h10-11,15,20,23H,3-9,12-14,16H2,1-2H3. The summed E-state index contributed by atoms with van der Waals surface area (Å²) in [5.41, 5.74) is 3.73. The quantitative estimate of drug-likeness (QED) is 0.833. The summed E-state index contributed by atoms with van der Waals surface area (Å²) in [6.45, 7) is 7.46. The van der Waals surface area contributed by atoms with Crippen LogP contribution in [0.4, 0.5) is 5.69 Å². The van der Waals surface area contributed by atoms with Crippen LogP contribution in [-0.2, 0) is 9.59 Å². The molecule has 1 N–H and O–H groups in total. The van der Waals surface area contributed by atoms with E-state index in [2.05, 4.69) is 37.4 Å². The Hall–Kier alpha value is -2.04. The Morgan fingerprint density at radius 2 is 2.00 bits per heavy atom. The second-order valence-corrected chi connectivity index (χ2v) is 8.06. The van der Waals surface area contributed by atoms with Gasteiger partial charge < -0.3 is 15.1 Å². The molecular formula is C22H33N3O2. The lowest BCUT2D eigenvalue weighted by molar-refractivity contribution is -0.135. The van der Waals surface area contributed by atoms with E-state index in [1.807, 2.05) is 9.80 Å². The number of piperidine rings is 2. The van der Waals surface area contributed by atoms with Gasteiger partial charge in [-0.15, -0.1) is 0 Å². The SMILES string of the molecule is Cc1ccc(NC2CCCN(C(=O)CCCN3CCCCC3=O)C2)cc1C. The number of aryl methyl sites for hydroxylation is 2. The van der Waals surface area contributed by atoms with Crippen molar-refractivity contribution in [2.24, 2.45) is 0 Å². The van der Waals surface area contributed by atoms with Gasteiger partial charge in [-0.2, -0.15) is 0 Å². The van der Waals surface area contributed by atoms with E-state index in [1.165, 1.54) is 11.1 Å². The average molecular weight is 372 g/mol. The topological polar surface area (TPSA) is 52.7 Å². The van der Waals surface area contributed by atoms with E-state index in [0.29, 0.717) is 18.9 Å². The molecule has 2 fully saturated rings. The summed E-state index contributed by atoms with van der Waals surface area (Å²) < 4.78 is 0. The molecule has 3 rings (SSSR count). The number of nitrogens with zero attached hydrogens (tertiary/aromatic N) is 2. The van der Waals surface area contributed by atoms with Gasteiger partial charge in [0.1, 0.15) is 0 Å². The lowest BCUT2D eigenvalue weighted by atomic mass is 10.0. The summed E-state index contributed by atoms with van der Waals surface area (Å²) in [4.78, 5) is 28.4. The maximum absolute atomic E-state index is 12.6. The largest absolute Gasteiger partial charge is 0.381 e. The molecule has 148 valence electrons. The molecule has 2 saturated heterocycles. The van der Waals surface area contributed by atoms with E-state index >= 15 is 0 Å². The van der Waals surface area contributed by atoms with Crippen LogP contribution in [0.15, 0.2) is 18.2 Å². The number of hydrogen-bond donors (Lipinski definition) is 1. The number of amides is 2. The molecule has 0 radical (unpaired) electrons. The Kier molecular flexibility index (Phi) is 6.75. The fraction of sp³-hybridized carbons (Fsp3) is 0.636. The number of anilines is 1. The predicted molar refractivity (Wildman–Crippen MR) is 109 cm³/mol. The van der Waals surface area contributed by atoms with Gasteiger partial charge >= 0.3 is 0 Å². The zero-order chi connectivity index (χ0) is 19.2. The number of carbonyl (C=O) groups excluding carboxylic acids is 2. The first-order valence-corrected chi connectivity index (χ1v) is 10.4. The molecule has 5 nitrogen and oxygen atoms in total. The van der Waals surface area contributed by atoms with Crippen molar-refractivity contribution < 1.29 is 9.59 Å². The van der Waals surface area contributed by atoms with Crippen LogP contribution >= 0.6 is 0 Å². The highest BCUT2D eigenvalue weighted by Crippen LogP contribution is 2.20. The number of rotatable bonds is 6. The summed E-state index contributed by atoms with van der Waals surface area (Å²) >= 11 is 0. The van der Waals surface area contributed by atoms with Gasteiger partial charge in [-0.1, -0.05) is 6.07 Å². The molecule has 2 aliphatic rings. The zero-order valence-electron chi connectivity index (χ0n) is 16.8. The number of likely N-dealkylation sites (tertiary alicyclic amines) is 2. The fourth-order valence-corrected chi connectivity index (χ4v) is 4.07. The fourth-order valence-electron chi connectivity index (χ4n) is 4.07. The highest BCUT2D eigenvalue weighted by atomic mass is 16.2. The van der Waals surface area contributed by atoms with E-state index in [-0.39, 0.29) is 11.8 Å². The van der Waals surface area contributed by atoms with Crippen molar-refractivity contribution in [3.8, 4) is 0 Å². The maximum atomic E-state index is 12.6. The summed E-state index contributed by atoms with van der Waals surface area (Å²) in [5.74, 6) is 0.482. The smallest absolute Gasteiger partial charge is 0.222 e. The highest BCUT2D eigenvalue weighted by Gasteiger charge is 2.24. The van der Waals surface area contributed by atoms with Crippen LogP contribution < -0.4 is 5.32 Å². The zero-order valence-corrected chi connectivity index (χ0v) is 16.8. The Balaban J connectivity index is 1.44. The lowest BCUT2D eigenvalue weighted by Crippen LogP contribution is -2.45. The van der Waals surface area contributed by atoms with Gasteiger partial charge in [0.05, 0.1) is 0 Å². The van der Waals surface area contributed by atoms with Crippen LogP contribution in [0, 0.1) is 13.8 Å². The Morgan fingerprint density at radius 3 is 2.78 bits per heavy atom. The van der Waals surface area contributed by atoms with Gasteiger partial charge in [-0.05, 0) is 69.2 Å². The van der Waals surface area contributed by atoms with Crippen molar-refractivity contribution in [3.63, 3.8) is 0 Å². The molecule has 0 bridgehead atoms. The number of carbonyl (C=O) groups is 2. The molecule has 0 saturated carbocycles. The second-order valence-electron chi connectivity index (χ2n) is 8.06. The summed E-state index contributed by atoms with van der Waals surface area (Å²) in [5, 5.41) is 3.60. The van der Waals surface area contributed by atoms with Gasteiger partial charge in [-0.3, -0.25) is 9.59 Å². The van der Waals surface area contributed by atoms with Gasteiger partial charge in [0.25, 0.3) is 0 Å². The van der Waals surface area contributed by atoms with Crippen LogP contribution in [0.1, 0.15) is 56.1 Å². The van der Waals surface area contributed by atoms with Gasteiger partial charge in [0.15, 0.2) is 0 Å². The Morgan fingerprint density at radius 1 is 1.15 bits per heavy atom. The lowest BCUT2D eigenvalue weighted by Gasteiger charge is -2.34. The maximum Gasteiger partial charge on any atom is 0.222 e. The third-order valence-corrected chi connectivity index (χ3v) is 5.89. The van der Waals surface area contributed by atoms with Gasteiger partial charge in [-0.25, -0.2) is 0 Å². The summed E-state index contributed by atoms with van der Waals surface area (Å²) in [7, 11) is 0. The average Bonchev–Trinajstić information content (AvgIpc) is 2.66. The van der Waals surface area contributed by atoms with Crippen LogP contribution in [0.25, 0.3) is 0 Å². The number of nitrogens with one attached hydrogen (secondary N) is 1. The third kappa shape index (κ3) is 5.47.